The zero-order valence-electron chi connectivity index (χ0n) is 15.3. The van der Waals surface area contributed by atoms with Crippen molar-refractivity contribution < 1.29 is 17.6 Å². The largest absolute Gasteiger partial charge is 0.497 e. The summed E-state index contributed by atoms with van der Waals surface area (Å²) in [5, 5.41) is 8.15. The molecule has 0 aliphatic carbocycles. The van der Waals surface area contributed by atoms with E-state index in [-0.39, 0.29) is 10.8 Å². The predicted molar refractivity (Wildman–Crippen MR) is 107 cm³/mol. The molecule has 29 heavy (non-hydrogen) atoms. The summed E-state index contributed by atoms with van der Waals surface area (Å²) < 4.78 is 38.9. The molecule has 0 atom stereocenters. The minimum absolute atomic E-state index is 0.0531. The van der Waals surface area contributed by atoms with E-state index >= 15 is 0 Å². The average molecular weight is 408 g/mol. The number of benzene rings is 2. The molecule has 0 spiro atoms. The van der Waals surface area contributed by atoms with Crippen molar-refractivity contribution in [2.45, 2.75) is 4.90 Å². The number of pyridine rings is 1. The molecule has 0 saturated carbocycles. The Hall–Kier alpha value is -3.72. The molecule has 2 aromatic heterocycles. The van der Waals surface area contributed by atoms with Crippen LogP contribution in [0.2, 0.25) is 0 Å². The molecule has 0 amide bonds. The fourth-order valence-electron chi connectivity index (χ4n) is 2.67. The van der Waals surface area contributed by atoms with E-state index in [9.17, 15) is 8.42 Å². The van der Waals surface area contributed by atoms with E-state index < -0.39 is 10.0 Å². The van der Waals surface area contributed by atoms with E-state index in [4.69, 9.17) is 9.15 Å². The highest BCUT2D eigenvalue weighted by Crippen LogP contribution is 2.31. The van der Waals surface area contributed by atoms with Gasteiger partial charge in [0.15, 0.2) is 0 Å². The van der Waals surface area contributed by atoms with Crippen LogP contribution in [-0.4, -0.2) is 30.7 Å². The van der Waals surface area contributed by atoms with Gasteiger partial charge in [0.05, 0.1) is 18.4 Å². The fraction of sp³-hybridized carbons (Fsp3) is 0.0500. The number of para-hydroxylation sites is 1. The Morgan fingerprint density at radius 1 is 0.966 bits per heavy atom. The Kier molecular flexibility index (Phi) is 4.96. The van der Waals surface area contributed by atoms with Crippen molar-refractivity contribution in [3.63, 3.8) is 0 Å². The molecule has 1 N–H and O–H groups in total. The zero-order chi connectivity index (χ0) is 20.3. The number of nitrogens with one attached hydrogen (secondary N) is 1. The predicted octanol–water partition coefficient (Wildman–Crippen LogP) is 3.61. The third-order valence-electron chi connectivity index (χ3n) is 4.09. The first kappa shape index (κ1) is 18.6. The van der Waals surface area contributed by atoms with Gasteiger partial charge in [-0.25, -0.2) is 8.42 Å². The van der Waals surface area contributed by atoms with Gasteiger partial charge >= 0.3 is 0 Å². The average Bonchev–Trinajstić information content (AvgIpc) is 3.25. The van der Waals surface area contributed by atoms with Crippen molar-refractivity contribution in [2.24, 2.45) is 0 Å². The van der Waals surface area contributed by atoms with Crippen LogP contribution in [0.4, 0.5) is 5.69 Å². The Labute approximate surface area is 167 Å². The third-order valence-corrected chi connectivity index (χ3v) is 5.44. The summed E-state index contributed by atoms with van der Waals surface area (Å²) in [6.45, 7) is 0. The van der Waals surface area contributed by atoms with Crippen LogP contribution in [0.1, 0.15) is 0 Å². The van der Waals surface area contributed by atoms with E-state index in [0.717, 1.165) is 0 Å². The standard InChI is InChI=1S/C20H16N4O4S/c1-27-15-7-4-6-14(12-15)19-22-23-20(28-19)17-9-2-3-10-18(17)24-29(25,26)16-8-5-11-21-13-16/h2-13,24H,1H3. The van der Waals surface area contributed by atoms with Gasteiger partial charge in [0, 0.05) is 18.0 Å². The SMILES string of the molecule is COc1cccc(-c2nnc(-c3ccccc3NS(=O)(=O)c3cccnc3)o2)c1. The van der Waals surface area contributed by atoms with Crippen LogP contribution in [0.25, 0.3) is 22.9 Å². The molecule has 9 heteroatoms. The summed E-state index contributed by atoms with van der Waals surface area (Å²) in [5.74, 6) is 1.14. The summed E-state index contributed by atoms with van der Waals surface area (Å²) in [4.78, 5) is 3.91. The number of ether oxygens (including phenoxy) is 1. The van der Waals surface area contributed by atoms with E-state index in [1.807, 2.05) is 18.2 Å². The smallest absolute Gasteiger partial charge is 0.263 e. The van der Waals surface area contributed by atoms with Gasteiger partial charge in [-0.15, -0.1) is 10.2 Å². The summed E-state index contributed by atoms with van der Waals surface area (Å²) in [5.41, 5.74) is 1.47. The fourth-order valence-corrected chi connectivity index (χ4v) is 3.72. The second-order valence-electron chi connectivity index (χ2n) is 5.98. The molecule has 2 aromatic carbocycles. The van der Waals surface area contributed by atoms with Crippen LogP contribution in [0.5, 0.6) is 5.75 Å². The third kappa shape index (κ3) is 3.94. The van der Waals surface area contributed by atoms with Gasteiger partial charge in [0.2, 0.25) is 11.8 Å². The molecule has 0 saturated heterocycles. The molecule has 0 aliphatic rings. The number of anilines is 1. The van der Waals surface area contributed by atoms with Gasteiger partial charge in [0.25, 0.3) is 10.0 Å². The van der Waals surface area contributed by atoms with Crippen molar-refractivity contribution in [3.05, 3.63) is 73.1 Å². The molecule has 0 fully saturated rings. The number of sulfonamides is 1. The van der Waals surface area contributed by atoms with E-state index in [1.54, 1.807) is 43.5 Å². The highest BCUT2D eigenvalue weighted by molar-refractivity contribution is 7.92. The Morgan fingerprint density at radius 3 is 2.59 bits per heavy atom. The lowest BCUT2D eigenvalue weighted by atomic mass is 10.2. The molecule has 0 bridgehead atoms. The summed E-state index contributed by atoms with van der Waals surface area (Å²) in [6.07, 6.45) is 2.78. The molecule has 4 rings (SSSR count). The number of nitrogens with zero attached hydrogens (tertiary/aromatic N) is 3. The first-order valence-electron chi connectivity index (χ1n) is 8.57. The van der Waals surface area contributed by atoms with Crippen molar-refractivity contribution in [1.82, 2.24) is 15.2 Å². The van der Waals surface area contributed by atoms with Gasteiger partial charge in [-0.1, -0.05) is 18.2 Å². The minimum Gasteiger partial charge on any atom is -0.497 e. The van der Waals surface area contributed by atoms with Crippen LogP contribution in [0.15, 0.2) is 82.4 Å². The molecule has 0 radical (unpaired) electrons. The number of rotatable bonds is 6. The van der Waals surface area contributed by atoms with Gasteiger partial charge in [0.1, 0.15) is 10.6 Å². The maximum Gasteiger partial charge on any atom is 0.263 e. The monoisotopic (exact) mass is 408 g/mol. The molecular formula is C20H16N4O4S. The maximum atomic E-state index is 12.7. The molecule has 4 aromatic rings. The lowest BCUT2D eigenvalue weighted by Gasteiger charge is -2.10. The summed E-state index contributed by atoms with van der Waals surface area (Å²) >= 11 is 0. The molecule has 0 unspecified atom stereocenters. The lowest BCUT2D eigenvalue weighted by molar-refractivity contribution is 0.415. The minimum atomic E-state index is -3.82. The van der Waals surface area contributed by atoms with Gasteiger partial charge in [-0.3, -0.25) is 9.71 Å². The first-order valence-corrected chi connectivity index (χ1v) is 10.1. The van der Waals surface area contributed by atoms with Gasteiger partial charge < -0.3 is 9.15 Å². The molecule has 2 heterocycles. The van der Waals surface area contributed by atoms with Crippen LogP contribution >= 0.6 is 0 Å². The molecule has 146 valence electrons. The summed E-state index contributed by atoms with van der Waals surface area (Å²) in [7, 11) is -2.24. The number of hydrogen-bond acceptors (Lipinski definition) is 7. The van der Waals surface area contributed by atoms with Gasteiger partial charge in [-0.2, -0.15) is 0 Å². The Bertz CT molecular complexity index is 1240. The second-order valence-corrected chi connectivity index (χ2v) is 7.67. The molecule has 0 aliphatic heterocycles. The quantitative estimate of drug-likeness (QED) is 0.519. The topological polar surface area (TPSA) is 107 Å². The maximum absolute atomic E-state index is 12.7. The van der Waals surface area contributed by atoms with Crippen LogP contribution in [0, 0.1) is 0 Å². The van der Waals surface area contributed by atoms with Crippen LogP contribution in [0.3, 0.4) is 0 Å². The number of aromatic nitrogens is 3. The van der Waals surface area contributed by atoms with Gasteiger partial charge in [-0.05, 0) is 42.5 Å². The van der Waals surface area contributed by atoms with Crippen molar-refractivity contribution in [1.29, 1.82) is 0 Å². The highest BCUT2D eigenvalue weighted by atomic mass is 32.2. The zero-order valence-corrected chi connectivity index (χ0v) is 16.1. The van der Waals surface area contributed by atoms with E-state index in [2.05, 4.69) is 19.9 Å². The van der Waals surface area contributed by atoms with Crippen LogP contribution in [-0.2, 0) is 10.0 Å². The normalized spacial score (nSPS) is 11.2. The second kappa shape index (κ2) is 7.72. The number of methoxy groups -OCH3 is 1. The Balaban J connectivity index is 1.68. The van der Waals surface area contributed by atoms with Crippen molar-refractivity contribution in [3.8, 4) is 28.7 Å². The Morgan fingerprint density at radius 2 is 1.79 bits per heavy atom. The van der Waals surface area contributed by atoms with Crippen molar-refractivity contribution in [2.75, 3.05) is 11.8 Å². The highest BCUT2D eigenvalue weighted by Gasteiger charge is 2.19. The van der Waals surface area contributed by atoms with E-state index in [1.165, 1.54) is 18.5 Å². The first-order chi connectivity index (χ1) is 14.1. The van der Waals surface area contributed by atoms with Crippen molar-refractivity contribution >= 4 is 15.7 Å². The number of hydrogen-bond donors (Lipinski definition) is 1. The molecule has 8 nitrogen and oxygen atoms in total. The molecular weight excluding hydrogens is 392 g/mol. The van der Waals surface area contributed by atoms with E-state index in [0.29, 0.717) is 28.5 Å². The van der Waals surface area contributed by atoms with Crippen LogP contribution < -0.4 is 9.46 Å². The summed E-state index contributed by atoms with van der Waals surface area (Å²) in [6, 6.07) is 17.0. The lowest BCUT2D eigenvalue weighted by Crippen LogP contribution is -2.13.